The predicted molar refractivity (Wildman–Crippen MR) is 77.6 cm³/mol. The summed E-state index contributed by atoms with van der Waals surface area (Å²) < 4.78 is 26.0. The van der Waals surface area contributed by atoms with Gasteiger partial charge in [0.2, 0.25) is 10.0 Å². The first-order valence-electron chi connectivity index (χ1n) is 5.68. The quantitative estimate of drug-likeness (QED) is 0.737. The Morgan fingerprint density at radius 2 is 2.05 bits per heavy atom. The topological polar surface area (TPSA) is 82.0 Å². The molecule has 0 radical (unpaired) electrons. The highest BCUT2D eigenvalue weighted by molar-refractivity contribution is 7.88. The molecule has 0 aliphatic rings. The van der Waals surface area contributed by atoms with Gasteiger partial charge in [-0.05, 0) is 37.7 Å². The third-order valence-corrected chi connectivity index (χ3v) is 3.70. The maximum atomic E-state index is 11.7. The van der Waals surface area contributed by atoms with Crippen molar-refractivity contribution >= 4 is 22.4 Å². The van der Waals surface area contributed by atoms with Gasteiger partial charge in [0.25, 0.3) is 0 Å². The van der Waals surface area contributed by atoms with E-state index in [2.05, 4.69) is 10.0 Å². The lowest BCUT2D eigenvalue weighted by Gasteiger charge is -2.06. The summed E-state index contributed by atoms with van der Waals surface area (Å²) in [6.45, 7) is 1.19. The van der Waals surface area contributed by atoms with Crippen LogP contribution in [0, 0.1) is 11.3 Å². The number of rotatable bonds is 7. The fraction of sp³-hybridized carbons (Fsp3) is 0.417. The van der Waals surface area contributed by atoms with Crippen molar-refractivity contribution in [1.82, 2.24) is 10.0 Å². The molecule has 0 heterocycles. The number of hydrogen-bond donors (Lipinski definition) is 2. The van der Waals surface area contributed by atoms with Crippen LogP contribution in [0.3, 0.4) is 0 Å². The summed E-state index contributed by atoms with van der Waals surface area (Å²) in [6.07, 6.45) is 0.744. The Bertz CT molecular complexity index is 526. The molecule has 19 heavy (non-hydrogen) atoms. The van der Waals surface area contributed by atoms with Crippen molar-refractivity contribution in [2.45, 2.75) is 12.2 Å². The zero-order valence-electron chi connectivity index (χ0n) is 10.7. The van der Waals surface area contributed by atoms with Crippen LogP contribution in [-0.2, 0) is 15.8 Å². The Kier molecular flexibility index (Phi) is 8.35. The fourth-order valence-corrected chi connectivity index (χ4v) is 2.67. The van der Waals surface area contributed by atoms with Gasteiger partial charge in [-0.2, -0.15) is 5.26 Å². The summed E-state index contributed by atoms with van der Waals surface area (Å²) in [7, 11) is -1.51. The van der Waals surface area contributed by atoms with Crippen molar-refractivity contribution in [2.24, 2.45) is 0 Å². The molecular weight excluding hydrogens is 286 g/mol. The van der Waals surface area contributed by atoms with E-state index in [1.165, 1.54) is 0 Å². The largest absolute Gasteiger partial charge is 0.320 e. The van der Waals surface area contributed by atoms with Crippen molar-refractivity contribution in [2.75, 3.05) is 20.1 Å². The van der Waals surface area contributed by atoms with Crippen LogP contribution in [0.2, 0.25) is 0 Å². The number of benzene rings is 1. The first kappa shape index (κ1) is 17.9. The standard InChI is InChI=1S/C12H17N3O2S.ClH/c1-14-6-3-7-15-18(16,17)10-12-5-2-4-11(8-12)9-13;/h2,4-5,8,14-15H,3,6-7,10H2,1H3;1H. The van der Waals surface area contributed by atoms with Gasteiger partial charge in [-0.25, -0.2) is 13.1 Å². The second-order valence-electron chi connectivity index (χ2n) is 3.92. The molecular formula is C12H18ClN3O2S. The van der Waals surface area contributed by atoms with Crippen LogP contribution in [0.25, 0.3) is 0 Å². The average Bonchev–Trinajstić information content (AvgIpc) is 2.34. The Hall–Kier alpha value is -1.13. The Balaban J connectivity index is 0.00000324. The second-order valence-corrected chi connectivity index (χ2v) is 5.73. The Labute approximate surface area is 120 Å². The van der Waals surface area contributed by atoms with Gasteiger partial charge in [0.1, 0.15) is 0 Å². The zero-order chi connectivity index (χ0) is 13.4. The predicted octanol–water partition coefficient (Wildman–Crippen LogP) is 1.01. The van der Waals surface area contributed by atoms with Crippen LogP contribution in [-0.4, -0.2) is 28.6 Å². The van der Waals surface area contributed by atoms with Crippen LogP contribution in [0.5, 0.6) is 0 Å². The minimum Gasteiger partial charge on any atom is -0.320 e. The van der Waals surface area contributed by atoms with Crippen LogP contribution >= 0.6 is 12.4 Å². The van der Waals surface area contributed by atoms with Crippen LogP contribution in [0.1, 0.15) is 17.5 Å². The molecule has 0 aliphatic heterocycles. The highest BCUT2D eigenvalue weighted by Crippen LogP contribution is 2.07. The molecule has 0 amide bonds. The van der Waals surface area contributed by atoms with E-state index in [4.69, 9.17) is 5.26 Å². The number of nitrogens with one attached hydrogen (secondary N) is 2. The van der Waals surface area contributed by atoms with Gasteiger partial charge >= 0.3 is 0 Å². The molecule has 5 nitrogen and oxygen atoms in total. The molecule has 106 valence electrons. The molecule has 0 aromatic heterocycles. The Morgan fingerprint density at radius 3 is 2.68 bits per heavy atom. The van der Waals surface area contributed by atoms with Gasteiger partial charge in [0.15, 0.2) is 0 Å². The summed E-state index contributed by atoms with van der Waals surface area (Å²) in [5.74, 6) is -0.0952. The van der Waals surface area contributed by atoms with Gasteiger partial charge < -0.3 is 5.32 Å². The van der Waals surface area contributed by atoms with Crippen molar-refractivity contribution in [1.29, 1.82) is 5.26 Å². The molecule has 0 unspecified atom stereocenters. The number of sulfonamides is 1. The third kappa shape index (κ3) is 7.13. The van der Waals surface area contributed by atoms with Gasteiger partial charge in [0.05, 0.1) is 17.4 Å². The van der Waals surface area contributed by atoms with Crippen molar-refractivity contribution in [3.63, 3.8) is 0 Å². The smallest absolute Gasteiger partial charge is 0.215 e. The number of nitrogens with zero attached hydrogens (tertiary/aromatic N) is 1. The highest BCUT2D eigenvalue weighted by atomic mass is 35.5. The van der Waals surface area contributed by atoms with Gasteiger partial charge in [0, 0.05) is 6.54 Å². The first-order chi connectivity index (χ1) is 8.57. The maximum absolute atomic E-state index is 11.7. The van der Waals surface area contributed by atoms with Crippen LogP contribution in [0.15, 0.2) is 24.3 Å². The van der Waals surface area contributed by atoms with E-state index in [1.807, 2.05) is 13.1 Å². The van der Waals surface area contributed by atoms with E-state index >= 15 is 0 Å². The number of nitriles is 1. The minimum absolute atomic E-state index is 0. The van der Waals surface area contributed by atoms with Crippen molar-refractivity contribution < 1.29 is 8.42 Å². The lowest BCUT2D eigenvalue weighted by molar-refractivity contribution is 0.576. The van der Waals surface area contributed by atoms with E-state index in [0.717, 1.165) is 13.0 Å². The third-order valence-electron chi connectivity index (χ3n) is 2.34. The first-order valence-corrected chi connectivity index (χ1v) is 7.33. The molecule has 0 aliphatic carbocycles. The van der Waals surface area contributed by atoms with Gasteiger partial charge in [-0.15, -0.1) is 12.4 Å². The SMILES string of the molecule is CNCCCNS(=O)(=O)Cc1cccc(C#N)c1.Cl. The summed E-state index contributed by atoms with van der Waals surface area (Å²) in [4.78, 5) is 0. The maximum Gasteiger partial charge on any atom is 0.215 e. The number of halogens is 1. The molecule has 0 saturated carbocycles. The molecule has 2 N–H and O–H groups in total. The van der Waals surface area contributed by atoms with Crippen LogP contribution in [0.4, 0.5) is 0 Å². The monoisotopic (exact) mass is 303 g/mol. The summed E-state index contributed by atoms with van der Waals surface area (Å²) >= 11 is 0. The lowest BCUT2D eigenvalue weighted by atomic mass is 10.2. The molecule has 0 bridgehead atoms. The molecule has 1 rings (SSSR count). The summed E-state index contributed by atoms with van der Waals surface area (Å²) in [5, 5.41) is 11.7. The van der Waals surface area contributed by atoms with E-state index in [0.29, 0.717) is 17.7 Å². The van der Waals surface area contributed by atoms with Gasteiger partial charge in [-0.1, -0.05) is 12.1 Å². The zero-order valence-corrected chi connectivity index (χ0v) is 12.4. The molecule has 0 atom stereocenters. The van der Waals surface area contributed by atoms with Crippen molar-refractivity contribution in [3.8, 4) is 6.07 Å². The second kappa shape index (κ2) is 8.88. The van der Waals surface area contributed by atoms with E-state index < -0.39 is 10.0 Å². The molecule has 0 fully saturated rings. The minimum atomic E-state index is -3.33. The highest BCUT2D eigenvalue weighted by Gasteiger charge is 2.10. The van der Waals surface area contributed by atoms with E-state index in [9.17, 15) is 8.42 Å². The lowest BCUT2D eigenvalue weighted by Crippen LogP contribution is -2.27. The molecule has 1 aromatic rings. The van der Waals surface area contributed by atoms with E-state index in [1.54, 1.807) is 24.3 Å². The summed E-state index contributed by atoms with van der Waals surface area (Å²) in [6, 6.07) is 8.62. The van der Waals surface area contributed by atoms with Crippen LogP contribution < -0.4 is 10.0 Å². The molecule has 0 saturated heterocycles. The molecule has 7 heteroatoms. The normalized spacial score (nSPS) is 10.5. The van der Waals surface area contributed by atoms with E-state index in [-0.39, 0.29) is 18.2 Å². The van der Waals surface area contributed by atoms with Crippen molar-refractivity contribution in [3.05, 3.63) is 35.4 Å². The summed E-state index contributed by atoms with van der Waals surface area (Å²) in [5.41, 5.74) is 1.09. The fourth-order valence-electron chi connectivity index (χ4n) is 1.49. The average molecular weight is 304 g/mol. The van der Waals surface area contributed by atoms with Gasteiger partial charge in [-0.3, -0.25) is 0 Å². The molecule has 1 aromatic carbocycles. The Morgan fingerprint density at radius 1 is 1.32 bits per heavy atom. The molecule has 0 spiro atoms. The number of hydrogen-bond acceptors (Lipinski definition) is 4.